The number of alkyl halides is 3. The van der Waals surface area contributed by atoms with Crippen LogP contribution in [0.15, 0.2) is 36.5 Å². The van der Waals surface area contributed by atoms with Gasteiger partial charge in [-0.1, -0.05) is 0 Å². The van der Waals surface area contributed by atoms with Crippen molar-refractivity contribution in [2.75, 3.05) is 54.5 Å². The van der Waals surface area contributed by atoms with E-state index in [0.717, 1.165) is 32.0 Å². The number of amides is 1. The van der Waals surface area contributed by atoms with Crippen molar-refractivity contribution in [3.63, 3.8) is 0 Å². The molecule has 1 N–H and O–H groups in total. The van der Waals surface area contributed by atoms with Crippen LogP contribution in [-0.2, 0) is 10.9 Å². The Labute approximate surface area is 172 Å². The molecule has 2 fully saturated rings. The molecule has 0 unspecified atom stereocenters. The van der Waals surface area contributed by atoms with E-state index in [9.17, 15) is 18.0 Å². The maximum atomic E-state index is 13.7. The van der Waals surface area contributed by atoms with E-state index in [0.29, 0.717) is 37.7 Å². The number of ether oxygens (including phenoxy) is 1. The fourth-order valence-corrected chi connectivity index (χ4v) is 3.80. The van der Waals surface area contributed by atoms with Gasteiger partial charge in [-0.05, 0) is 43.2 Å². The van der Waals surface area contributed by atoms with E-state index >= 15 is 0 Å². The fourth-order valence-electron chi connectivity index (χ4n) is 3.80. The molecule has 2 aliphatic rings. The Balaban J connectivity index is 1.55. The number of carbonyl (C=O) groups excluding carboxylic acids is 1. The highest BCUT2D eigenvalue weighted by Crippen LogP contribution is 2.38. The smallest absolute Gasteiger partial charge is 0.378 e. The van der Waals surface area contributed by atoms with Crippen molar-refractivity contribution in [1.82, 2.24) is 4.98 Å². The molecule has 3 heterocycles. The van der Waals surface area contributed by atoms with Crippen LogP contribution in [0, 0.1) is 0 Å². The maximum absolute atomic E-state index is 13.7. The summed E-state index contributed by atoms with van der Waals surface area (Å²) in [5.41, 5.74) is -0.208. The van der Waals surface area contributed by atoms with Crippen LogP contribution in [0.5, 0.6) is 0 Å². The lowest BCUT2D eigenvalue weighted by Gasteiger charge is -2.31. The van der Waals surface area contributed by atoms with Crippen LogP contribution in [0.2, 0.25) is 0 Å². The summed E-state index contributed by atoms with van der Waals surface area (Å²) in [6, 6.07) is 7.13. The van der Waals surface area contributed by atoms with Gasteiger partial charge in [0.15, 0.2) is 0 Å². The number of rotatable bonds is 4. The zero-order valence-electron chi connectivity index (χ0n) is 16.4. The Kier molecular flexibility index (Phi) is 5.80. The first kappa shape index (κ1) is 20.5. The van der Waals surface area contributed by atoms with E-state index in [2.05, 4.69) is 15.2 Å². The van der Waals surface area contributed by atoms with Crippen molar-refractivity contribution in [2.24, 2.45) is 0 Å². The van der Waals surface area contributed by atoms with Gasteiger partial charge < -0.3 is 19.9 Å². The molecule has 0 bridgehead atoms. The predicted octanol–water partition coefficient (Wildman–Crippen LogP) is 3.79. The summed E-state index contributed by atoms with van der Waals surface area (Å²) >= 11 is 0. The number of morpholine rings is 1. The van der Waals surface area contributed by atoms with Gasteiger partial charge in [0, 0.05) is 49.3 Å². The Morgan fingerprint density at radius 2 is 1.73 bits per heavy atom. The van der Waals surface area contributed by atoms with Crippen molar-refractivity contribution < 1.29 is 22.7 Å². The molecule has 0 aliphatic carbocycles. The molecular formula is C21H23F3N4O2. The fraction of sp³-hybridized carbons (Fsp3) is 0.429. The topological polar surface area (TPSA) is 57.7 Å². The van der Waals surface area contributed by atoms with Gasteiger partial charge in [0.2, 0.25) is 0 Å². The predicted molar refractivity (Wildman–Crippen MR) is 108 cm³/mol. The van der Waals surface area contributed by atoms with E-state index in [1.807, 2.05) is 0 Å². The Morgan fingerprint density at radius 3 is 2.43 bits per heavy atom. The van der Waals surface area contributed by atoms with Gasteiger partial charge >= 0.3 is 6.18 Å². The summed E-state index contributed by atoms with van der Waals surface area (Å²) in [4.78, 5) is 20.7. The molecule has 1 aromatic carbocycles. The van der Waals surface area contributed by atoms with E-state index in [-0.39, 0.29) is 11.4 Å². The molecule has 0 radical (unpaired) electrons. The second-order valence-corrected chi connectivity index (χ2v) is 7.38. The highest BCUT2D eigenvalue weighted by Gasteiger charge is 2.35. The lowest BCUT2D eigenvalue weighted by molar-refractivity contribution is -0.137. The minimum Gasteiger partial charge on any atom is -0.378 e. The van der Waals surface area contributed by atoms with Crippen molar-refractivity contribution >= 4 is 23.1 Å². The summed E-state index contributed by atoms with van der Waals surface area (Å²) in [5, 5.41) is 2.59. The van der Waals surface area contributed by atoms with Crippen LogP contribution in [0.1, 0.15) is 28.8 Å². The molecule has 0 saturated carbocycles. The van der Waals surface area contributed by atoms with E-state index in [1.165, 1.54) is 12.1 Å². The zero-order chi connectivity index (χ0) is 21.1. The van der Waals surface area contributed by atoms with Gasteiger partial charge in [0.05, 0.1) is 18.8 Å². The molecule has 2 aromatic rings. The number of hydrogen-bond donors (Lipinski definition) is 1. The van der Waals surface area contributed by atoms with Gasteiger partial charge in [-0.3, -0.25) is 4.79 Å². The van der Waals surface area contributed by atoms with Gasteiger partial charge in [-0.25, -0.2) is 4.98 Å². The zero-order valence-corrected chi connectivity index (χ0v) is 16.4. The van der Waals surface area contributed by atoms with Crippen molar-refractivity contribution in [1.29, 1.82) is 0 Å². The van der Waals surface area contributed by atoms with E-state index in [1.54, 1.807) is 23.2 Å². The highest BCUT2D eigenvalue weighted by atomic mass is 19.4. The third kappa shape index (κ3) is 4.51. The minimum atomic E-state index is -4.53. The lowest BCUT2D eigenvalue weighted by Crippen LogP contribution is -2.37. The first-order chi connectivity index (χ1) is 14.4. The average molecular weight is 420 g/mol. The quantitative estimate of drug-likeness (QED) is 0.816. The molecule has 0 atom stereocenters. The van der Waals surface area contributed by atoms with Crippen LogP contribution in [-0.4, -0.2) is 50.3 Å². The van der Waals surface area contributed by atoms with Gasteiger partial charge in [0.1, 0.15) is 5.82 Å². The number of anilines is 3. The molecule has 9 heteroatoms. The average Bonchev–Trinajstić information content (AvgIpc) is 3.29. The van der Waals surface area contributed by atoms with Crippen LogP contribution in [0.25, 0.3) is 0 Å². The molecule has 2 saturated heterocycles. The number of nitrogens with one attached hydrogen (secondary N) is 1. The number of nitrogens with zero attached hydrogens (tertiary/aromatic N) is 3. The minimum absolute atomic E-state index is 0.101. The number of halogens is 3. The maximum Gasteiger partial charge on any atom is 0.418 e. The molecule has 0 spiro atoms. The number of benzene rings is 1. The number of carbonyl (C=O) groups is 1. The SMILES string of the molecule is O=C(Nc1ccc(N2CCOCC2)c(C(F)(F)F)c1)c1ccnc(N2CCCC2)c1. The highest BCUT2D eigenvalue weighted by molar-refractivity contribution is 6.04. The van der Waals surface area contributed by atoms with E-state index < -0.39 is 17.6 Å². The Bertz CT molecular complexity index is 907. The van der Waals surface area contributed by atoms with Crippen molar-refractivity contribution in [2.45, 2.75) is 19.0 Å². The molecule has 6 nitrogen and oxygen atoms in total. The summed E-state index contributed by atoms with van der Waals surface area (Å²) < 4.78 is 46.3. The lowest BCUT2D eigenvalue weighted by atomic mass is 10.1. The number of aromatic nitrogens is 1. The van der Waals surface area contributed by atoms with Crippen LogP contribution in [0.3, 0.4) is 0 Å². The van der Waals surface area contributed by atoms with E-state index in [4.69, 9.17) is 4.74 Å². The molecule has 4 rings (SSSR count). The second-order valence-electron chi connectivity index (χ2n) is 7.38. The van der Waals surface area contributed by atoms with Gasteiger partial charge in [-0.2, -0.15) is 13.2 Å². The number of pyridine rings is 1. The molecule has 1 amide bonds. The summed E-state index contributed by atoms with van der Waals surface area (Å²) in [5.74, 6) is 0.240. The van der Waals surface area contributed by atoms with Gasteiger partial charge in [0.25, 0.3) is 5.91 Å². The van der Waals surface area contributed by atoms with Crippen molar-refractivity contribution in [3.05, 3.63) is 47.7 Å². The third-order valence-corrected chi connectivity index (χ3v) is 5.35. The summed E-state index contributed by atoms with van der Waals surface area (Å²) in [7, 11) is 0. The largest absolute Gasteiger partial charge is 0.418 e. The first-order valence-electron chi connectivity index (χ1n) is 9.98. The summed E-state index contributed by atoms with van der Waals surface area (Å²) in [6.07, 6.45) is -0.833. The number of hydrogen-bond acceptors (Lipinski definition) is 5. The standard InChI is InChI=1S/C21H23F3N4O2/c22-21(23,24)17-14-16(3-4-18(17)27-9-11-30-12-10-27)26-20(29)15-5-6-25-19(13-15)28-7-1-2-8-28/h3-6,13-14H,1-2,7-12H2,(H,26,29). The monoisotopic (exact) mass is 420 g/mol. The van der Waals surface area contributed by atoms with Crippen molar-refractivity contribution in [3.8, 4) is 0 Å². The second kappa shape index (κ2) is 8.51. The molecular weight excluding hydrogens is 397 g/mol. The molecule has 2 aliphatic heterocycles. The first-order valence-corrected chi connectivity index (χ1v) is 9.98. The normalized spacial score (nSPS) is 17.3. The summed E-state index contributed by atoms with van der Waals surface area (Å²) in [6.45, 7) is 3.33. The van der Waals surface area contributed by atoms with Crippen LogP contribution >= 0.6 is 0 Å². The third-order valence-electron chi connectivity index (χ3n) is 5.35. The molecule has 160 valence electrons. The Morgan fingerprint density at radius 1 is 1.00 bits per heavy atom. The molecule has 30 heavy (non-hydrogen) atoms. The Hall–Kier alpha value is -2.81. The van der Waals surface area contributed by atoms with Crippen LogP contribution in [0.4, 0.5) is 30.4 Å². The van der Waals surface area contributed by atoms with Gasteiger partial charge in [-0.15, -0.1) is 0 Å². The molecule has 1 aromatic heterocycles. The van der Waals surface area contributed by atoms with Crippen LogP contribution < -0.4 is 15.1 Å².